The van der Waals surface area contributed by atoms with Crippen molar-refractivity contribution in [3.05, 3.63) is 120 Å². The van der Waals surface area contributed by atoms with Crippen LogP contribution in [0.2, 0.25) is 0 Å². The van der Waals surface area contributed by atoms with E-state index in [1.807, 2.05) is 77.3 Å². The van der Waals surface area contributed by atoms with E-state index in [0.29, 0.717) is 6.47 Å². The molecule has 15 heteroatoms. The lowest BCUT2D eigenvalue weighted by Gasteiger charge is -2.23. The molecule has 65 heavy (non-hydrogen) atoms. The number of carbonyl (C=O) groups is 4. The number of ether oxygens (including phenoxy) is 1. The predicted molar refractivity (Wildman–Crippen MR) is 263 cm³/mol. The Bertz CT molecular complexity index is 2340. The second-order valence-corrected chi connectivity index (χ2v) is 17.0. The van der Waals surface area contributed by atoms with E-state index >= 15 is 0 Å². The number of hydrogen-bond acceptors (Lipinski definition) is 10. The number of rotatable bonds is 10. The maximum atomic E-state index is 12.2. The Kier molecular flexibility index (Phi) is 20.1. The minimum atomic E-state index is -0.195. The van der Waals surface area contributed by atoms with E-state index in [1.165, 1.54) is 52.1 Å². The van der Waals surface area contributed by atoms with Gasteiger partial charge in [-0.25, -0.2) is 9.97 Å². The van der Waals surface area contributed by atoms with Crippen LogP contribution in [0.3, 0.4) is 0 Å². The van der Waals surface area contributed by atoms with Gasteiger partial charge in [-0.15, -0.1) is 22.7 Å². The second-order valence-electron chi connectivity index (χ2n) is 15.2. The quantitative estimate of drug-likeness (QED) is 0.0986. The fourth-order valence-corrected chi connectivity index (χ4v) is 9.64. The molecular weight excluding hydrogens is 857 g/mol. The van der Waals surface area contributed by atoms with Gasteiger partial charge in [0.2, 0.25) is 17.7 Å². The topological polar surface area (TPSA) is 165 Å². The first-order chi connectivity index (χ1) is 31.7. The summed E-state index contributed by atoms with van der Waals surface area (Å²) in [5.74, 6) is 0.0800. The molecule has 0 saturated carbocycles. The molecule has 0 bridgehead atoms. The molecule has 4 aromatic heterocycles. The number of H-pyrrole nitrogens is 2. The number of aromatic amines is 2. The fraction of sp³-hybridized carbons (Fsp3) is 0.320. The van der Waals surface area contributed by atoms with Crippen LogP contribution in [0.1, 0.15) is 64.5 Å². The summed E-state index contributed by atoms with van der Waals surface area (Å²) in [7, 11) is 3.15. The highest BCUT2D eigenvalue weighted by atomic mass is 32.1. The molecule has 0 radical (unpaired) electrons. The van der Waals surface area contributed by atoms with Crippen LogP contribution in [0.5, 0.6) is 0 Å². The number of likely N-dealkylation sites (tertiary alicyclic amines) is 2. The lowest BCUT2D eigenvalue weighted by Crippen LogP contribution is -2.38. The fourth-order valence-electron chi connectivity index (χ4n) is 7.18. The van der Waals surface area contributed by atoms with Crippen molar-refractivity contribution in [2.45, 2.75) is 58.9 Å². The average Bonchev–Trinajstić information content (AvgIpc) is 4.20. The summed E-state index contributed by atoms with van der Waals surface area (Å²) in [5, 5.41) is 10.1. The van der Waals surface area contributed by atoms with Crippen LogP contribution in [-0.2, 0) is 23.9 Å². The summed E-state index contributed by atoms with van der Waals surface area (Å²) in [6.07, 6.45) is 12.8. The molecule has 4 N–H and O–H groups in total. The van der Waals surface area contributed by atoms with Crippen LogP contribution < -0.4 is 10.6 Å². The molecule has 7 aromatic rings. The Balaban J connectivity index is 0.000000190. The van der Waals surface area contributed by atoms with E-state index in [1.54, 1.807) is 17.6 Å². The summed E-state index contributed by atoms with van der Waals surface area (Å²) >= 11 is 3.64. The number of carbonyl (C=O) groups excluding carboxylic acids is 4. The van der Waals surface area contributed by atoms with Crippen molar-refractivity contribution in [1.82, 2.24) is 40.4 Å². The standard InChI is InChI=1S/C24H16N4S2.C13H18N2O.C8H14N2O2.C3H8.C2H4O2/c1-5-17(21-9-25-13-27-21)6-2-15(1)19-11-29-24-20(12-30-23(19)24)16-3-7-18(8-4-16)22-10-26-14-28-22;1-14-12(11-7-3-2-4-8-11)13(16)15-9-5-6-10-15;1-7(11)9-6-8(12)10-4-2-3-5-10;1-3-2;1-4-2-3/h1-14H,(H,25,27)(H,26,28);2-4,7-8,12,14H,5-6,9-10H2,1H3;2-6H2,1H3,(H,9,11);3H2,1-2H3;2H,1H3. The maximum Gasteiger partial charge on any atom is 0.292 e. The highest BCUT2D eigenvalue weighted by Crippen LogP contribution is 2.44. The van der Waals surface area contributed by atoms with Gasteiger partial charge < -0.3 is 35.1 Å². The lowest BCUT2D eigenvalue weighted by molar-refractivity contribution is -0.132. The van der Waals surface area contributed by atoms with Crippen LogP contribution in [0.15, 0.2) is 115 Å². The minimum absolute atomic E-state index is 0.0303. The molecule has 2 aliphatic heterocycles. The lowest BCUT2D eigenvalue weighted by atomic mass is 10.0. The van der Waals surface area contributed by atoms with E-state index < -0.39 is 0 Å². The van der Waals surface area contributed by atoms with Gasteiger partial charge in [-0.3, -0.25) is 19.2 Å². The van der Waals surface area contributed by atoms with Gasteiger partial charge in [0.25, 0.3) is 6.47 Å². The summed E-state index contributed by atoms with van der Waals surface area (Å²) < 4.78 is 6.56. The van der Waals surface area contributed by atoms with E-state index in [9.17, 15) is 14.4 Å². The molecule has 9 rings (SSSR count). The third kappa shape index (κ3) is 14.3. The number of amides is 3. The molecule has 2 aliphatic rings. The van der Waals surface area contributed by atoms with Crippen molar-refractivity contribution >= 4 is 56.3 Å². The number of fused-ring (bicyclic) bond motifs is 1. The zero-order valence-corrected chi connectivity index (χ0v) is 39.5. The van der Waals surface area contributed by atoms with Crippen LogP contribution in [-0.4, -0.2) is 101 Å². The Hall–Kier alpha value is -6.42. The Morgan fingerprint density at radius 2 is 1.15 bits per heavy atom. The molecule has 0 spiro atoms. The number of hydrogen-bond donors (Lipinski definition) is 4. The first-order valence-corrected chi connectivity index (χ1v) is 23.6. The molecule has 6 heterocycles. The first-order valence-electron chi connectivity index (χ1n) is 21.9. The first kappa shape index (κ1) is 49.6. The highest BCUT2D eigenvalue weighted by molar-refractivity contribution is 7.27. The molecule has 1 unspecified atom stereocenters. The SMILES string of the molecule is CC(=O)NCC(=O)N1CCCC1.CCC.CNC(C(=O)N1CCCC1)c1ccccc1.COC=O.c1ncc(-c2ccc(-c3csc4c(-c5ccc(-c6cnc[nH]6)cc5)csc34)cc2)[nH]1. The van der Waals surface area contributed by atoms with E-state index in [2.05, 4.69) is 108 Å². The van der Waals surface area contributed by atoms with Crippen LogP contribution in [0.4, 0.5) is 0 Å². The third-order valence-electron chi connectivity index (χ3n) is 10.4. The van der Waals surface area contributed by atoms with Crippen LogP contribution in [0.25, 0.3) is 54.2 Å². The summed E-state index contributed by atoms with van der Waals surface area (Å²) in [6, 6.07) is 27.1. The van der Waals surface area contributed by atoms with Gasteiger partial charge in [0.15, 0.2) is 0 Å². The van der Waals surface area contributed by atoms with E-state index in [0.717, 1.165) is 79.9 Å². The summed E-state index contributed by atoms with van der Waals surface area (Å²) in [4.78, 5) is 61.2. The maximum absolute atomic E-state index is 12.2. The highest BCUT2D eigenvalue weighted by Gasteiger charge is 2.26. The van der Waals surface area contributed by atoms with Crippen LogP contribution in [0, 0.1) is 0 Å². The second kappa shape index (κ2) is 26.4. The van der Waals surface area contributed by atoms with Crippen molar-refractivity contribution in [2.24, 2.45) is 0 Å². The number of benzene rings is 3. The number of nitrogens with one attached hydrogen (secondary N) is 4. The molecule has 3 aromatic carbocycles. The van der Waals surface area contributed by atoms with Crippen molar-refractivity contribution < 1.29 is 23.9 Å². The molecule has 2 saturated heterocycles. The van der Waals surface area contributed by atoms with E-state index in [-0.39, 0.29) is 30.3 Å². The monoisotopic (exact) mass is 916 g/mol. The summed E-state index contributed by atoms with van der Waals surface area (Å²) in [6.45, 7) is 9.69. The molecule has 3 amide bonds. The largest absolute Gasteiger partial charge is 0.471 e. The number of nitrogens with zero attached hydrogens (tertiary/aromatic N) is 4. The van der Waals surface area contributed by atoms with Gasteiger partial charge in [0.05, 0.1) is 59.5 Å². The molecule has 1 atom stereocenters. The number of imidazole rings is 2. The van der Waals surface area contributed by atoms with Gasteiger partial charge in [-0.05, 0) is 60.5 Å². The van der Waals surface area contributed by atoms with E-state index in [4.69, 9.17) is 4.79 Å². The van der Waals surface area contributed by atoms with Crippen molar-refractivity contribution in [1.29, 1.82) is 0 Å². The summed E-state index contributed by atoms with van der Waals surface area (Å²) in [5.41, 5.74) is 10.5. The number of methoxy groups -OCH3 is 1. The average molecular weight is 917 g/mol. The number of thiophene rings is 2. The third-order valence-corrected chi connectivity index (χ3v) is 12.6. The van der Waals surface area contributed by atoms with Gasteiger partial charge in [0, 0.05) is 55.0 Å². The zero-order chi connectivity index (χ0) is 46.4. The molecule has 0 aliphatic carbocycles. The molecule has 342 valence electrons. The van der Waals surface area contributed by atoms with Crippen LogP contribution >= 0.6 is 22.7 Å². The Morgan fingerprint density at radius 1 is 0.723 bits per heavy atom. The number of likely N-dealkylation sites (N-methyl/N-ethyl adjacent to an activating group) is 1. The predicted octanol–water partition coefficient (Wildman–Crippen LogP) is 9.60. The van der Waals surface area contributed by atoms with Crippen molar-refractivity contribution in [3.63, 3.8) is 0 Å². The Morgan fingerprint density at radius 3 is 1.54 bits per heavy atom. The van der Waals surface area contributed by atoms with Crippen molar-refractivity contribution in [2.75, 3.05) is 46.9 Å². The smallest absolute Gasteiger partial charge is 0.292 e. The molecule has 2 fully saturated rings. The van der Waals surface area contributed by atoms with Gasteiger partial charge >= 0.3 is 0 Å². The van der Waals surface area contributed by atoms with Crippen molar-refractivity contribution in [3.8, 4) is 44.8 Å². The number of aromatic nitrogens is 4. The molecule has 13 nitrogen and oxygen atoms in total. The minimum Gasteiger partial charge on any atom is -0.471 e. The van der Waals surface area contributed by atoms with Gasteiger partial charge in [-0.1, -0.05) is 99.1 Å². The Labute approximate surface area is 389 Å². The van der Waals surface area contributed by atoms with Gasteiger partial charge in [0.1, 0.15) is 6.04 Å². The zero-order valence-electron chi connectivity index (χ0n) is 37.8. The molecular formula is C50H60N8O5S2. The van der Waals surface area contributed by atoms with Gasteiger partial charge in [-0.2, -0.15) is 0 Å². The normalized spacial score (nSPS) is 13.1.